The summed E-state index contributed by atoms with van der Waals surface area (Å²) in [6.45, 7) is 4.09. The molecule has 3 nitrogen and oxygen atoms in total. The Hall–Kier alpha value is -2.04. The number of nitrogens with one attached hydrogen (secondary N) is 1. The largest absolute Gasteiger partial charge is 0.491 e. The second-order valence-electron chi connectivity index (χ2n) is 5.56. The molecule has 0 aliphatic heterocycles. The smallest absolute Gasteiger partial charge is 0.267 e. The Morgan fingerprint density at radius 2 is 2.04 bits per heavy atom. The Balaban J connectivity index is 1.81. The molecule has 3 aromatic rings. The maximum atomic E-state index is 12.6. The van der Waals surface area contributed by atoms with Gasteiger partial charge in [0.2, 0.25) is 0 Å². The van der Waals surface area contributed by atoms with E-state index in [1.165, 1.54) is 11.3 Å². The summed E-state index contributed by atoms with van der Waals surface area (Å²) in [5.41, 5.74) is 0.689. The Kier molecular flexibility index (Phi) is 5.07. The Bertz CT molecular complexity index is 875. The maximum absolute atomic E-state index is 12.6. The molecule has 1 heterocycles. The van der Waals surface area contributed by atoms with Gasteiger partial charge in [-0.1, -0.05) is 42.8 Å². The number of ether oxygens (including phenoxy) is 1. The van der Waals surface area contributed by atoms with Crippen LogP contribution in [0.2, 0.25) is 5.02 Å². The van der Waals surface area contributed by atoms with Crippen molar-refractivity contribution in [1.82, 2.24) is 0 Å². The number of rotatable bonds is 5. The van der Waals surface area contributed by atoms with Gasteiger partial charge in [-0.15, -0.1) is 11.3 Å². The summed E-state index contributed by atoms with van der Waals surface area (Å²) in [4.78, 5) is 13.1. The van der Waals surface area contributed by atoms with Crippen LogP contribution in [-0.2, 0) is 0 Å². The summed E-state index contributed by atoms with van der Waals surface area (Å²) in [5, 5.41) is 4.30. The summed E-state index contributed by atoms with van der Waals surface area (Å²) >= 11 is 7.76. The van der Waals surface area contributed by atoms with E-state index >= 15 is 0 Å². The lowest BCUT2D eigenvalue weighted by atomic mass is 10.2. The molecule has 1 unspecified atom stereocenters. The second-order valence-corrected chi connectivity index (χ2v) is 6.99. The van der Waals surface area contributed by atoms with Gasteiger partial charge < -0.3 is 10.1 Å². The highest BCUT2D eigenvalue weighted by Gasteiger charge is 2.17. The first-order valence-electron chi connectivity index (χ1n) is 7.83. The summed E-state index contributed by atoms with van der Waals surface area (Å²) < 4.78 is 6.79. The molecule has 0 radical (unpaired) electrons. The number of fused-ring (bicyclic) bond motifs is 1. The van der Waals surface area contributed by atoms with Gasteiger partial charge in [0.05, 0.1) is 11.1 Å². The van der Waals surface area contributed by atoms with Crippen molar-refractivity contribution >= 4 is 44.6 Å². The van der Waals surface area contributed by atoms with Crippen LogP contribution in [0.5, 0.6) is 5.75 Å². The highest BCUT2D eigenvalue weighted by Crippen LogP contribution is 2.35. The average Bonchev–Trinajstić information content (AvgIpc) is 2.92. The van der Waals surface area contributed by atoms with Gasteiger partial charge in [0.25, 0.3) is 5.91 Å². The first-order chi connectivity index (χ1) is 11.6. The number of halogens is 1. The third-order valence-corrected chi connectivity index (χ3v) is 5.42. The summed E-state index contributed by atoms with van der Waals surface area (Å²) in [6, 6.07) is 15.1. The van der Waals surface area contributed by atoms with Crippen molar-refractivity contribution in [2.75, 3.05) is 5.32 Å². The molecule has 1 atom stereocenters. The van der Waals surface area contributed by atoms with Crippen LogP contribution in [0.1, 0.15) is 29.9 Å². The molecule has 0 fully saturated rings. The third kappa shape index (κ3) is 3.55. The molecule has 1 aromatic heterocycles. The molecular formula is C19H18ClNO2S. The molecule has 0 aliphatic carbocycles. The molecule has 0 aliphatic rings. The van der Waals surface area contributed by atoms with E-state index in [0.717, 1.165) is 22.3 Å². The fourth-order valence-electron chi connectivity index (χ4n) is 2.31. The van der Waals surface area contributed by atoms with Crippen molar-refractivity contribution in [1.29, 1.82) is 0 Å². The number of hydrogen-bond acceptors (Lipinski definition) is 3. The quantitative estimate of drug-likeness (QED) is 0.608. The third-order valence-electron chi connectivity index (χ3n) is 3.75. The van der Waals surface area contributed by atoms with Crippen LogP contribution in [0.15, 0.2) is 48.5 Å². The molecule has 0 bridgehead atoms. The standard InChI is InChI=1S/C19H18ClNO2S/c1-3-12(2)23-14-8-6-7-13(11-14)21-19(22)18-17(20)15-9-4-5-10-16(15)24-18/h4-12H,3H2,1-2H3,(H,21,22). The van der Waals surface area contributed by atoms with Crippen LogP contribution in [0.25, 0.3) is 10.1 Å². The molecule has 3 rings (SSSR count). The van der Waals surface area contributed by atoms with E-state index in [1.807, 2.05) is 55.5 Å². The minimum atomic E-state index is -0.207. The lowest BCUT2D eigenvalue weighted by molar-refractivity contribution is 0.103. The normalized spacial score (nSPS) is 12.1. The van der Waals surface area contributed by atoms with E-state index in [2.05, 4.69) is 12.2 Å². The monoisotopic (exact) mass is 359 g/mol. The van der Waals surface area contributed by atoms with Gasteiger partial charge in [0, 0.05) is 21.8 Å². The van der Waals surface area contributed by atoms with Gasteiger partial charge in [0.15, 0.2) is 0 Å². The number of hydrogen-bond donors (Lipinski definition) is 1. The van der Waals surface area contributed by atoms with Gasteiger partial charge in [-0.05, 0) is 31.5 Å². The summed E-state index contributed by atoms with van der Waals surface area (Å²) in [6.07, 6.45) is 1.06. The molecule has 124 valence electrons. The van der Waals surface area contributed by atoms with Crippen molar-refractivity contribution in [3.63, 3.8) is 0 Å². The Morgan fingerprint density at radius 1 is 1.25 bits per heavy atom. The number of carbonyl (C=O) groups excluding carboxylic acids is 1. The molecule has 24 heavy (non-hydrogen) atoms. The Labute approximate surface area is 150 Å². The van der Waals surface area contributed by atoms with Crippen LogP contribution in [0.4, 0.5) is 5.69 Å². The predicted octanol–water partition coefficient (Wildman–Crippen LogP) is 5.98. The molecule has 0 saturated carbocycles. The van der Waals surface area contributed by atoms with E-state index in [4.69, 9.17) is 16.3 Å². The zero-order valence-electron chi connectivity index (χ0n) is 13.5. The minimum Gasteiger partial charge on any atom is -0.491 e. The second kappa shape index (κ2) is 7.24. The molecule has 0 saturated heterocycles. The molecule has 5 heteroatoms. The van der Waals surface area contributed by atoms with Crippen molar-refractivity contribution in [3.8, 4) is 5.75 Å². The molecular weight excluding hydrogens is 342 g/mol. The van der Waals surface area contributed by atoms with E-state index in [0.29, 0.717) is 15.6 Å². The van der Waals surface area contributed by atoms with Crippen molar-refractivity contribution in [3.05, 3.63) is 58.4 Å². The highest BCUT2D eigenvalue weighted by molar-refractivity contribution is 7.21. The van der Waals surface area contributed by atoms with Crippen LogP contribution in [0.3, 0.4) is 0 Å². The Morgan fingerprint density at radius 3 is 2.79 bits per heavy atom. The topological polar surface area (TPSA) is 38.3 Å². The lowest BCUT2D eigenvalue weighted by Crippen LogP contribution is -2.12. The van der Waals surface area contributed by atoms with Gasteiger partial charge >= 0.3 is 0 Å². The van der Waals surface area contributed by atoms with Crippen LogP contribution in [-0.4, -0.2) is 12.0 Å². The van der Waals surface area contributed by atoms with Crippen LogP contribution >= 0.6 is 22.9 Å². The van der Waals surface area contributed by atoms with Crippen LogP contribution in [0, 0.1) is 0 Å². The molecule has 0 spiro atoms. The summed E-state index contributed by atoms with van der Waals surface area (Å²) in [7, 11) is 0. The number of thiophene rings is 1. The zero-order chi connectivity index (χ0) is 17.1. The van der Waals surface area contributed by atoms with Gasteiger partial charge in [-0.25, -0.2) is 0 Å². The molecule has 1 amide bonds. The average molecular weight is 360 g/mol. The number of carbonyl (C=O) groups is 1. The highest BCUT2D eigenvalue weighted by atomic mass is 35.5. The SMILES string of the molecule is CCC(C)Oc1cccc(NC(=O)c2sc3ccccc3c2Cl)c1. The minimum absolute atomic E-state index is 0.132. The molecule has 2 aromatic carbocycles. The molecule has 1 N–H and O–H groups in total. The van der Waals surface area contributed by atoms with E-state index in [1.54, 1.807) is 0 Å². The first-order valence-corrected chi connectivity index (χ1v) is 9.03. The van der Waals surface area contributed by atoms with E-state index in [-0.39, 0.29) is 12.0 Å². The van der Waals surface area contributed by atoms with E-state index < -0.39 is 0 Å². The van der Waals surface area contributed by atoms with Crippen molar-refractivity contribution in [2.24, 2.45) is 0 Å². The lowest BCUT2D eigenvalue weighted by Gasteiger charge is -2.13. The number of benzene rings is 2. The van der Waals surface area contributed by atoms with Gasteiger partial charge in [-0.3, -0.25) is 4.79 Å². The fraction of sp³-hybridized carbons (Fsp3) is 0.211. The van der Waals surface area contributed by atoms with Crippen molar-refractivity contribution in [2.45, 2.75) is 26.4 Å². The summed E-state index contributed by atoms with van der Waals surface area (Å²) in [5.74, 6) is 0.534. The van der Waals surface area contributed by atoms with Gasteiger partial charge in [-0.2, -0.15) is 0 Å². The van der Waals surface area contributed by atoms with Gasteiger partial charge in [0.1, 0.15) is 10.6 Å². The number of anilines is 1. The fourth-order valence-corrected chi connectivity index (χ4v) is 3.72. The van der Waals surface area contributed by atoms with Crippen molar-refractivity contribution < 1.29 is 9.53 Å². The first kappa shape index (κ1) is 16.8. The zero-order valence-corrected chi connectivity index (χ0v) is 15.1. The van der Waals surface area contributed by atoms with Crippen LogP contribution < -0.4 is 10.1 Å². The number of amides is 1. The predicted molar refractivity (Wildman–Crippen MR) is 102 cm³/mol. The maximum Gasteiger partial charge on any atom is 0.267 e. The van der Waals surface area contributed by atoms with E-state index in [9.17, 15) is 4.79 Å².